The van der Waals surface area contributed by atoms with Crippen molar-refractivity contribution < 1.29 is 9.47 Å². The molecule has 3 N–H and O–H groups in total. The first-order valence-electron chi connectivity index (χ1n) is 8.34. The van der Waals surface area contributed by atoms with Gasteiger partial charge in [-0.15, -0.1) is 0 Å². The molecule has 2 aliphatic rings. The third-order valence-electron chi connectivity index (χ3n) is 4.83. The molecule has 1 heterocycles. The van der Waals surface area contributed by atoms with Crippen LogP contribution >= 0.6 is 0 Å². The van der Waals surface area contributed by atoms with Crippen molar-refractivity contribution >= 4 is 11.5 Å². The number of rotatable bonds is 3. The molecule has 2 aromatic carbocycles. The Kier molecular flexibility index (Phi) is 3.84. The zero-order chi connectivity index (χ0) is 17.4. The molecule has 0 aromatic heterocycles. The molecule has 2 aromatic rings. The highest BCUT2D eigenvalue weighted by atomic mass is 16.5. The first kappa shape index (κ1) is 15.6. The smallest absolute Gasteiger partial charge is 0.193 e. The van der Waals surface area contributed by atoms with Crippen molar-refractivity contribution in [1.82, 2.24) is 5.32 Å². The zero-order valence-corrected chi connectivity index (χ0v) is 14.4. The number of nitrogens with one attached hydrogen (secondary N) is 1. The number of guanidine groups is 1. The van der Waals surface area contributed by atoms with Crippen LogP contribution in [-0.4, -0.2) is 20.2 Å². The molecule has 0 amide bonds. The SMILES string of the molecule is COc1ccc(C2N=C(N)NC3=C2c2cc(OC)ccc2CC3)cc1. The molecule has 1 atom stereocenters. The average molecular weight is 335 g/mol. The molecule has 25 heavy (non-hydrogen) atoms. The van der Waals surface area contributed by atoms with Gasteiger partial charge in [0.05, 0.1) is 14.2 Å². The lowest BCUT2D eigenvalue weighted by Gasteiger charge is -2.32. The number of hydrogen-bond acceptors (Lipinski definition) is 5. The molecule has 1 unspecified atom stereocenters. The molecule has 0 spiro atoms. The Morgan fingerprint density at radius 2 is 1.72 bits per heavy atom. The average Bonchev–Trinajstić information content (AvgIpc) is 2.66. The topological polar surface area (TPSA) is 68.9 Å². The van der Waals surface area contributed by atoms with Crippen molar-refractivity contribution in [2.45, 2.75) is 18.9 Å². The number of nitrogens with zero attached hydrogens (tertiary/aromatic N) is 1. The summed E-state index contributed by atoms with van der Waals surface area (Å²) >= 11 is 0. The second kappa shape index (κ2) is 6.16. The largest absolute Gasteiger partial charge is 0.497 e. The van der Waals surface area contributed by atoms with E-state index < -0.39 is 0 Å². The minimum atomic E-state index is -0.131. The summed E-state index contributed by atoms with van der Waals surface area (Å²) in [6.07, 6.45) is 1.91. The molecule has 0 radical (unpaired) electrons. The molecule has 5 nitrogen and oxygen atoms in total. The number of methoxy groups -OCH3 is 2. The van der Waals surface area contributed by atoms with Crippen LogP contribution in [0.2, 0.25) is 0 Å². The van der Waals surface area contributed by atoms with Crippen LogP contribution < -0.4 is 20.5 Å². The summed E-state index contributed by atoms with van der Waals surface area (Å²) in [5, 5.41) is 3.26. The fraction of sp³-hybridized carbons (Fsp3) is 0.250. The van der Waals surface area contributed by atoms with Gasteiger partial charge in [0.25, 0.3) is 0 Å². The quantitative estimate of drug-likeness (QED) is 0.905. The Balaban J connectivity index is 1.84. The van der Waals surface area contributed by atoms with E-state index in [-0.39, 0.29) is 6.04 Å². The van der Waals surface area contributed by atoms with Crippen LogP contribution in [0.3, 0.4) is 0 Å². The third-order valence-corrected chi connectivity index (χ3v) is 4.83. The van der Waals surface area contributed by atoms with Crippen molar-refractivity contribution in [2.24, 2.45) is 10.7 Å². The maximum Gasteiger partial charge on any atom is 0.193 e. The lowest BCUT2D eigenvalue weighted by atomic mass is 9.82. The third kappa shape index (κ3) is 2.71. The Morgan fingerprint density at radius 1 is 1.00 bits per heavy atom. The molecular weight excluding hydrogens is 314 g/mol. The summed E-state index contributed by atoms with van der Waals surface area (Å²) in [6, 6.07) is 14.1. The number of ether oxygens (including phenoxy) is 2. The van der Waals surface area contributed by atoms with Gasteiger partial charge in [0.15, 0.2) is 5.96 Å². The Morgan fingerprint density at radius 3 is 2.44 bits per heavy atom. The number of benzene rings is 2. The summed E-state index contributed by atoms with van der Waals surface area (Å²) in [5.41, 5.74) is 12.0. The molecule has 4 rings (SSSR count). The summed E-state index contributed by atoms with van der Waals surface area (Å²) < 4.78 is 10.7. The van der Waals surface area contributed by atoms with Gasteiger partial charge in [-0.05, 0) is 53.8 Å². The standard InChI is InChI=1S/C20H21N3O2/c1-24-14-7-4-13(5-8-14)19-18-16-11-15(25-2)9-3-12(16)6-10-17(18)22-20(21)23-19/h3-5,7-9,11,19H,6,10H2,1-2H3,(H3,21,22,23). The number of hydrogen-bond donors (Lipinski definition) is 2. The Bertz CT molecular complexity index is 869. The summed E-state index contributed by atoms with van der Waals surface area (Å²) in [4.78, 5) is 4.69. The predicted octanol–water partition coefficient (Wildman–Crippen LogP) is 3.02. The molecule has 0 bridgehead atoms. The van der Waals surface area contributed by atoms with Crippen molar-refractivity contribution in [2.75, 3.05) is 14.2 Å². The van der Waals surface area contributed by atoms with Gasteiger partial charge in [-0.2, -0.15) is 0 Å². The molecule has 0 fully saturated rings. The van der Waals surface area contributed by atoms with Gasteiger partial charge < -0.3 is 20.5 Å². The van der Waals surface area contributed by atoms with E-state index in [1.807, 2.05) is 30.3 Å². The number of nitrogens with two attached hydrogens (primary N) is 1. The van der Waals surface area contributed by atoms with E-state index in [4.69, 9.17) is 20.2 Å². The van der Waals surface area contributed by atoms with Crippen LogP contribution in [0, 0.1) is 0 Å². The predicted molar refractivity (Wildman–Crippen MR) is 98.7 cm³/mol. The summed E-state index contributed by atoms with van der Waals surface area (Å²) in [6.45, 7) is 0. The van der Waals surface area contributed by atoms with Crippen LogP contribution in [0.1, 0.15) is 29.2 Å². The minimum Gasteiger partial charge on any atom is -0.497 e. The van der Waals surface area contributed by atoms with Gasteiger partial charge in [-0.25, -0.2) is 4.99 Å². The second-order valence-corrected chi connectivity index (χ2v) is 6.23. The number of aliphatic imine (C=N–C) groups is 1. The minimum absolute atomic E-state index is 0.131. The lowest BCUT2D eigenvalue weighted by molar-refractivity contribution is 0.414. The van der Waals surface area contributed by atoms with E-state index in [0.29, 0.717) is 5.96 Å². The fourth-order valence-electron chi connectivity index (χ4n) is 3.57. The van der Waals surface area contributed by atoms with Gasteiger partial charge >= 0.3 is 0 Å². The normalized spacial score (nSPS) is 18.6. The molecule has 0 saturated carbocycles. The van der Waals surface area contributed by atoms with E-state index >= 15 is 0 Å². The maximum absolute atomic E-state index is 6.06. The second-order valence-electron chi connectivity index (χ2n) is 6.23. The molecule has 0 saturated heterocycles. The van der Waals surface area contributed by atoms with Crippen LogP contribution in [0.5, 0.6) is 11.5 Å². The first-order valence-corrected chi connectivity index (χ1v) is 8.34. The van der Waals surface area contributed by atoms with Gasteiger partial charge in [0, 0.05) is 11.3 Å². The first-order chi connectivity index (χ1) is 12.2. The van der Waals surface area contributed by atoms with E-state index in [9.17, 15) is 0 Å². The molecular formula is C20H21N3O2. The van der Waals surface area contributed by atoms with E-state index in [0.717, 1.165) is 35.6 Å². The van der Waals surface area contributed by atoms with Crippen LogP contribution in [0.4, 0.5) is 0 Å². The van der Waals surface area contributed by atoms with Crippen molar-refractivity contribution in [1.29, 1.82) is 0 Å². The van der Waals surface area contributed by atoms with Gasteiger partial charge in [-0.3, -0.25) is 0 Å². The number of allylic oxidation sites excluding steroid dienone is 1. The van der Waals surface area contributed by atoms with E-state index in [2.05, 4.69) is 17.4 Å². The van der Waals surface area contributed by atoms with Crippen molar-refractivity contribution in [3.8, 4) is 11.5 Å². The highest BCUT2D eigenvalue weighted by molar-refractivity contribution is 5.90. The molecule has 1 aliphatic carbocycles. The molecule has 1 aliphatic heterocycles. The van der Waals surface area contributed by atoms with Crippen molar-refractivity contribution in [3.05, 3.63) is 64.9 Å². The lowest BCUT2D eigenvalue weighted by Crippen LogP contribution is -2.37. The number of aryl methyl sites for hydroxylation is 1. The van der Waals surface area contributed by atoms with Crippen LogP contribution in [0.15, 0.2) is 53.2 Å². The van der Waals surface area contributed by atoms with Crippen LogP contribution in [0.25, 0.3) is 5.57 Å². The summed E-state index contributed by atoms with van der Waals surface area (Å²) in [7, 11) is 3.36. The molecule has 5 heteroatoms. The van der Waals surface area contributed by atoms with E-state index in [1.165, 1.54) is 16.7 Å². The Labute approximate surface area is 147 Å². The highest BCUT2D eigenvalue weighted by Gasteiger charge is 2.30. The maximum atomic E-state index is 6.06. The number of fused-ring (bicyclic) bond motifs is 2. The fourth-order valence-corrected chi connectivity index (χ4v) is 3.57. The zero-order valence-electron chi connectivity index (χ0n) is 14.4. The monoisotopic (exact) mass is 335 g/mol. The van der Waals surface area contributed by atoms with Gasteiger partial charge in [0.2, 0.25) is 0 Å². The molecule has 128 valence electrons. The Hall–Kier alpha value is -2.95. The van der Waals surface area contributed by atoms with Crippen LogP contribution in [-0.2, 0) is 6.42 Å². The highest BCUT2D eigenvalue weighted by Crippen LogP contribution is 2.43. The van der Waals surface area contributed by atoms with E-state index in [1.54, 1.807) is 14.2 Å². The van der Waals surface area contributed by atoms with Gasteiger partial charge in [-0.1, -0.05) is 18.2 Å². The van der Waals surface area contributed by atoms with Gasteiger partial charge in [0.1, 0.15) is 17.5 Å². The van der Waals surface area contributed by atoms with Crippen molar-refractivity contribution in [3.63, 3.8) is 0 Å². The summed E-state index contributed by atoms with van der Waals surface area (Å²) in [5.74, 6) is 2.14.